The predicted octanol–water partition coefficient (Wildman–Crippen LogP) is 3.37. The predicted molar refractivity (Wildman–Crippen MR) is 79.0 cm³/mol. The smallest absolute Gasteiger partial charge is 0.150 e. The summed E-state index contributed by atoms with van der Waals surface area (Å²) in [5.41, 5.74) is -0.0607. The Morgan fingerprint density at radius 3 is 2.29 bits per heavy atom. The zero-order chi connectivity index (χ0) is 15.5. The number of nitrogens with zero attached hydrogens (tertiary/aromatic N) is 2. The van der Waals surface area contributed by atoms with E-state index in [1.807, 2.05) is 14.1 Å². The molecule has 1 aliphatic carbocycles. The second-order valence-corrected chi connectivity index (χ2v) is 6.23. The van der Waals surface area contributed by atoms with Crippen LogP contribution in [-0.4, -0.2) is 32.1 Å². The summed E-state index contributed by atoms with van der Waals surface area (Å²) in [5.74, 6) is -1.41. The first-order valence-electron chi connectivity index (χ1n) is 7.23. The van der Waals surface area contributed by atoms with Crippen LogP contribution in [0.1, 0.15) is 31.2 Å². The fourth-order valence-electron chi connectivity index (χ4n) is 3.27. The molecule has 5 heteroatoms. The summed E-state index contributed by atoms with van der Waals surface area (Å²) >= 11 is 0. The Bertz CT molecular complexity index is 520. The van der Waals surface area contributed by atoms with E-state index >= 15 is 0 Å². The molecule has 114 valence electrons. The van der Waals surface area contributed by atoms with E-state index in [2.05, 4.69) is 10.2 Å². The van der Waals surface area contributed by atoms with Crippen molar-refractivity contribution in [3.05, 3.63) is 29.3 Å². The minimum absolute atomic E-state index is 0.000536. The molecule has 21 heavy (non-hydrogen) atoms. The molecule has 1 saturated carbocycles. The Morgan fingerprint density at radius 1 is 1.24 bits per heavy atom. The van der Waals surface area contributed by atoms with Crippen molar-refractivity contribution in [2.24, 2.45) is 5.41 Å². The maximum absolute atomic E-state index is 13.9. The van der Waals surface area contributed by atoms with Crippen molar-refractivity contribution < 1.29 is 8.78 Å². The highest BCUT2D eigenvalue weighted by atomic mass is 19.1. The lowest BCUT2D eigenvalue weighted by molar-refractivity contribution is 0.215. The standard InChI is InChI=1S/C16H21F2N3/c1-21(2)11-16(5-3-4-6-16)10-20-15-13(17)7-12(9-19)8-14(15)18/h7-8,20H,3-6,10-11H2,1-2H3. The highest BCUT2D eigenvalue weighted by molar-refractivity contribution is 5.50. The number of hydrogen-bond donors (Lipinski definition) is 1. The van der Waals surface area contributed by atoms with Gasteiger partial charge in [-0.2, -0.15) is 5.26 Å². The molecule has 1 aromatic rings. The lowest BCUT2D eigenvalue weighted by Crippen LogP contribution is -2.37. The monoisotopic (exact) mass is 293 g/mol. The van der Waals surface area contributed by atoms with E-state index in [0.29, 0.717) is 6.54 Å². The highest BCUT2D eigenvalue weighted by Crippen LogP contribution is 2.39. The summed E-state index contributed by atoms with van der Waals surface area (Å²) in [4.78, 5) is 2.12. The number of nitriles is 1. The molecule has 0 aromatic heterocycles. The molecule has 3 nitrogen and oxygen atoms in total. The first kappa shape index (κ1) is 15.7. The topological polar surface area (TPSA) is 39.1 Å². The number of hydrogen-bond acceptors (Lipinski definition) is 3. The normalized spacial score (nSPS) is 17.0. The Balaban J connectivity index is 2.13. The van der Waals surface area contributed by atoms with Gasteiger partial charge in [0.25, 0.3) is 0 Å². The molecular formula is C16H21F2N3. The van der Waals surface area contributed by atoms with Crippen LogP contribution in [0.25, 0.3) is 0 Å². The number of nitrogens with one attached hydrogen (secondary N) is 1. The number of benzene rings is 1. The van der Waals surface area contributed by atoms with Crippen molar-refractivity contribution >= 4 is 5.69 Å². The molecule has 0 aliphatic heterocycles. The third kappa shape index (κ3) is 3.70. The lowest BCUT2D eigenvalue weighted by Gasteiger charge is -2.32. The van der Waals surface area contributed by atoms with Gasteiger partial charge >= 0.3 is 0 Å². The van der Waals surface area contributed by atoms with E-state index in [-0.39, 0.29) is 16.7 Å². The zero-order valence-corrected chi connectivity index (χ0v) is 12.5. The van der Waals surface area contributed by atoms with E-state index in [1.54, 1.807) is 6.07 Å². The van der Waals surface area contributed by atoms with Crippen LogP contribution >= 0.6 is 0 Å². The molecule has 0 atom stereocenters. The highest BCUT2D eigenvalue weighted by Gasteiger charge is 2.34. The molecular weight excluding hydrogens is 272 g/mol. The molecule has 0 radical (unpaired) electrons. The third-order valence-corrected chi connectivity index (χ3v) is 4.13. The fraction of sp³-hybridized carbons (Fsp3) is 0.562. The third-order valence-electron chi connectivity index (χ3n) is 4.13. The molecule has 0 amide bonds. The van der Waals surface area contributed by atoms with Crippen molar-refractivity contribution in [1.82, 2.24) is 4.90 Å². The van der Waals surface area contributed by atoms with Crippen molar-refractivity contribution in [3.8, 4) is 6.07 Å². The Morgan fingerprint density at radius 2 is 1.81 bits per heavy atom. The van der Waals surface area contributed by atoms with Gasteiger partial charge in [-0.05, 0) is 39.1 Å². The minimum Gasteiger partial charge on any atom is -0.380 e. The first-order chi connectivity index (χ1) is 9.96. The van der Waals surface area contributed by atoms with Crippen LogP contribution in [0.4, 0.5) is 14.5 Å². The zero-order valence-electron chi connectivity index (χ0n) is 12.5. The van der Waals surface area contributed by atoms with Crippen molar-refractivity contribution in [3.63, 3.8) is 0 Å². The van der Waals surface area contributed by atoms with Gasteiger partial charge < -0.3 is 10.2 Å². The van der Waals surface area contributed by atoms with Crippen LogP contribution in [0.2, 0.25) is 0 Å². The molecule has 1 fully saturated rings. The molecule has 0 bridgehead atoms. The quantitative estimate of drug-likeness (QED) is 0.904. The van der Waals surface area contributed by atoms with Crippen molar-refractivity contribution in [2.75, 3.05) is 32.5 Å². The maximum Gasteiger partial charge on any atom is 0.150 e. The van der Waals surface area contributed by atoms with Crippen molar-refractivity contribution in [1.29, 1.82) is 5.26 Å². The summed E-state index contributed by atoms with van der Waals surface area (Å²) in [5, 5.41) is 11.6. The molecule has 0 heterocycles. The second kappa shape index (κ2) is 6.40. The average molecular weight is 293 g/mol. The van der Waals surface area contributed by atoms with Crippen LogP contribution in [0.3, 0.4) is 0 Å². The maximum atomic E-state index is 13.9. The van der Waals surface area contributed by atoms with Crippen molar-refractivity contribution in [2.45, 2.75) is 25.7 Å². The summed E-state index contributed by atoms with van der Waals surface area (Å²) in [6, 6.07) is 3.89. The van der Waals surface area contributed by atoms with Gasteiger partial charge in [-0.1, -0.05) is 12.8 Å². The number of rotatable bonds is 5. The molecule has 2 rings (SSSR count). The van der Waals surface area contributed by atoms with E-state index in [4.69, 9.17) is 5.26 Å². The van der Waals surface area contributed by atoms with E-state index in [9.17, 15) is 8.78 Å². The van der Waals surface area contributed by atoms with Crippen LogP contribution in [0.5, 0.6) is 0 Å². The Labute approximate surface area is 124 Å². The van der Waals surface area contributed by atoms with E-state index < -0.39 is 11.6 Å². The van der Waals surface area contributed by atoms with Crippen LogP contribution in [0, 0.1) is 28.4 Å². The van der Waals surface area contributed by atoms with E-state index in [0.717, 1.165) is 44.4 Å². The van der Waals surface area contributed by atoms with Gasteiger partial charge in [-0.15, -0.1) is 0 Å². The fourth-order valence-corrected chi connectivity index (χ4v) is 3.27. The molecule has 0 unspecified atom stereocenters. The van der Waals surface area contributed by atoms with Gasteiger partial charge in [0.15, 0.2) is 11.6 Å². The van der Waals surface area contributed by atoms with Gasteiger partial charge in [0, 0.05) is 18.5 Å². The van der Waals surface area contributed by atoms with Crippen LogP contribution in [-0.2, 0) is 0 Å². The Kier molecular flexibility index (Phi) is 4.79. The van der Waals surface area contributed by atoms with Gasteiger partial charge in [0.05, 0.1) is 11.6 Å². The first-order valence-corrected chi connectivity index (χ1v) is 7.23. The SMILES string of the molecule is CN(C)CC1(CNc2c(F)cc(C#N)cc2F)CCCC1. The van der Waals surface area contributed by atoms with Gasteiger partial charge in [-0.3, -0.25) is 0 Å². The second-order valence-electron chi connectivity index (χ2n) is 6.23. The van der Waals surface area contributed by atoms with Gasteiger partial charge in [0.2, 0.25) is 0 Å². The summed E-state index contributed by atoms with van der Waals surface area (Å²) < 4.78 is 27.8. The molecule has 1 N–H and O–H groups in total. The van der Waals surface area contributed by atoms with E-state index in [1.165, 1.54) is 0 Å². The largest absolute Gasteiger partial charge is 0.380 e. The van der Waals surface area contributed by atoms with Gasteiger partial charge in [0.1, 0.15) is 5.69 Å². The summed E-state index contributed by atoms with van der Waals surface area (Å²) in [6.07, 6.45) is 4.46. The molecule has 1 aromatic carbocycles. The van der Waals surface area contributed by atoms with Crippen LogP contribution < -0.4 is 5.32 Å². The number of halogens is 2. The summed E-state index contributed by atoms with van der Waals surface area (Å²) in [6.45, 7) is 1.45. The average Bonchev–Trinajstić information content (AvgIpc) is 2.85. The minimum atomic E-state index is -0.704. The van der Waals surface area contributed by atoms with Crippen LogP contribution in [0.15, 0.2) is 12.1 Å². The molecule has 0 spiro atoms. The van der Waals surface area contributed by atoms with Gasteiger partial charge in [-0.25, -0.2) is 8.78 Å². The molecule has 1 aliphatic rings. The summed E-state index contributed by atoms with van der Waals surface area (Å²) in [7, 11) is 4.03. The Hall–Kier alpha value is -1.67. The molecule has 0 saturated heterocycles. The number of anilines is 1. The lowest BCUT2D eigenvalue weighted by atomic mass is 9.85.